The number of hydrogen-bond acceptors (Lipinski definition) is 3. The summed E-state index contributed by atoms with van der Waals surface area (Å²) in [5.74, 6) is 2.23. The second-order valence-electron chi connectivity index (χ2n) is 5.17. The van der Waals surface area contributed by atoms with E-state index in [0.717, 1.165) is 36.6 Å². The molecule has 0 bridgehead atoms. The second-order valence-corrected chi connectivity index (χ2v) is 5.17. The molecule has 0 aliphatic heterocycles. The molecule has 0 saturated carbocycles. The van der Waals surface area contributed by atoms with E-state index in [9.17, 15) is 4.39 Å². The molecular formula is C17H22FNO2. The van der Waals surface area contributed by atoms with Crippen LogP contribution in [0.4, 0.5) is 4.39 Å². The minimum absolute atomic E-state index is 0.217. The highest BCUT2D eigenvalue weighted by molar-refractivity contribution is 5.29. The molecule has 2 aromatic rings. The Labute approximate surface area is 125 Å². The Morgan fingerprint density at radius 1 is 1.24 bits per heavy atom. The summed E-state index contributed by atoms with van der Waals surface area (Å²) in [7, 11) is 0. The Kier molecular flexibility index (Phi) is 5.39. The van der Waals surface area contributed by atoms with Crippen molar-refractivity contribution in [3.8, 4) is 5.75 Å². The predicted octanol–water partition coefficient (Wildman–Crippen LogP) is 4.11. The number of halogens is 1. The Balaban J connectivity index is 1.94. The van der Waals surface area contributed by atoms with Crippen LogP contribution in [0.5, 0.6) is 5.75 Å². The second kappa shape index (κ2) is 7.27. The van der Waals surface area contributed by atoms with Crippen molar-refractivity contribution in [1.29, 1.82) is 0 Å². The molecule has 0 saturated heterocycles. The lowest BCUT2D eigenvalue weighted by molar-refractivity contribution is 0.302. The van der Waals surface area contributed by atoms with Crippen molar-refractivity contribution in [2.75, 3.05) is 6.54 Å². The zero-order valence-corrected chi connectivity index (χ0v) is 12.8. The molecule has 1 aromatic carbocycles. The summed E-state index contributed by atoms with van der Waals surface area (Å²) < 4.78 is 24.6. The minimum Gasteiger partial charge on any atom is -0.489 e. The largest absolute Gasteiger partial charge is 0.489 e. The van der Waals surface area contributed by atoms with Crippen LogP contribution >= 0.6 is 0 Å². The molecule has 0 unspecified atom stereocenters. The molecule has 21 heavy (non-hydrogen) atoms. The first kappa shape index (κ1) is 15.6. The highest BCUT2D eigenvalue weighted by Gasteiger charge is 2.08. The lowest BCUT2D eigenvalue weighted by Gasteiger charge is -2.06. The Hall–Kier alpha value is -1.81. The number of ether oxygens (including phenoxy) is 1. The summed E-state index contributed by atoms with van der Waals surface area (Å²) >= 11 is 0. The highest BCUT2D eigenvalue weighted by Crippen LogP contribution is 2.20. The Bertz CT molecular complexity index is 592. The molecule has 0 aliphatic rings. The maximum atomic E-state index is 13.2. The Morgan fingerprint density at radius 2 is 2.05 bits per heavy atom. The third kappa shape index (κ3) is 4.33. The van der Waals surface area contributed by atoms with E-state index < -0.39 is 0 Å². The number of furan rings is 1. The van der Waals surface area contributed by atoms with Gasteiger partial charge in [0.15, 0.2) is 0 Å². The number of nitrogens with one attached hydrogen (secondary N) is 1. The zero-order chi connectivity index (χ0) is 15.2. The van der Waals surface area contributed by atoms with Crippen LogP contribution in [-0.4, -0.2) is 6.54 Å². The standard InChI is InChI=1S/C17H22FNO2/c1-4-7-19-10-16-9-14(13(3)21-16)11-20-15-5-6-17(18)12(2)8-15/h5-6,8-9,19H,4,7,10-11H2,1-3H3. The van der Waals surface area contributed by atoms with Gasteiger partial charge in [0.2, 0.25) is 0 Å². The fraction of sp³-hybridized carbons (Fsp3) is 0.412. The summed E-state index contributed by atoms with van der Waals surface area (Å²) in [4.78, 5) is 0. The van der Waals surface area contributed by atoms with E-state index in [0.29, 0.717) is 17.9 Å². The molecule has 0 fully saturated rings. The molecule has 0 atom stereocenters. The van der Waals surface area contributed by atoms with Gasteiger partial charge in [-0.1, -0.05) is 6.92 Å². The molecule has 114 valence electrons. The third-order valence-corrected chi connectivity index (χ3v) is 3.32. The SMILES string of the molecule is CCCNCc1cc(COc2ccc(F)c(C)c2)c(C)o1. The lowest BCUT2D eigenvalue weighted by Crippen LogP contribution is -2.13. The lowest BCUT2D eigenvalue weighted by atomic mass is 10.2. The number of rotatable bonds is 7. The molecule has 4 heteroatoms. The van der Waals surface area contributed by atoms with Crippen molar-refractivity contribution in [2.24, 2.45) is 0 Å². The van der Waals surface area contributed by atoms with E-state index in [1.807, 2.05) is 13.0 Å². The highest BCUT2D eigenvalue weighted by atomic mass is 19.1. The van der Waals surface area contributed by atoms with Crippen molar-refractivity contribution < 1.29 is 13.5 Å². The fourth-order valence-electron chi connectivity index (χ4n) is 2.07. The summed E-state index contributed by atoms with van der Waals surface area (Å²) in [6, 6.07) is 6.78. The molecule has 0 spiro atoms. The zero-order valence-electron chi connectivity index (χ0n) is 12.8. The van der Waals surface area contributed by atoms with E-state index >= 15 is 0 Å². The van der Waals surface area contributed by atoms with Crippen molar-refractivity contribution in [3.05, 3.63) is 52.7 Å². The van der Waals surface area contributed by atoms with Crippen LogP contribution in [0.1, 0.15) is 36.0 Å². The summed E-state index contributed by atoms with van der Waals surface area (Å²) in [6.45, 7) is 7.91. The Morgan fingerprint density at radius 3 is 2.76 bits per heavy atom. The van der Waals surface area contributed by atoms with Crippen LogP contribution < -0.4 is 10.1 Å². The van der Waals surface area contributed by atoms with Gasteiger partial charge < -0.3 is 14.5 Å². The van der Waals surface area contributed by atoms with Crippen LogP contribution in [0.2, 0.25) is 0 Å². The van der Waals surface area contributed by atoms with Crippen molar-refractivity contribution >= 4 is 0 Å². The predicted molar refractivity (Wildman–Crippen MR) is 80.9 cm³/mol. The topological polar surface area (TPSA) is 34.4 Å². The van der Waals surface area contributed by atoms with E-state index in [-0.39, 0.29) is 5.82 Å². The van der Waals surface area contributed by atoms with E-state index in [1.54, 1.807) is 19.1 Å². The van der Waals surface area contributed by atoms with Gasteiger partial charge in [0.1, 0.15) is 29.7 Å². The summed E-state index contributed by atoms with van der Waals surface area (Å²) in [5.41, 5.74) is 1.60. The molecule has 0 aliphatic carbocycles. The van der Waals surface area contributed by atoms with Gasteiger partial charge in [0.05, 0.1) is 6.54 Å². The number of aryl methyl sites for hydroxylation is 2. The van der Waals surface area contributed by atoms with Gasteiger partial charge in [-0.2, -0.15) is 0 Å². The van der Waals surface area contributed by atoms with Crippen molar-refractivity contribution in [3.63, 3.8) is 0 Å². The smallest absolute Gasteiger partial charge is 0.126 e. The van der Waals surface area contributed by atoms with Crippen molar-refractivity contribution in [2.45, 2.75) is 40.3 Å². The van der Waals surface area contributed by atoms with E-state index in [1.165, 1.54) is 6.07 Å². The molecule has 2 rings (SSSR count). The molecule has 1 aromatic heterocycles. The van der Waals surface area contributed by atoms with Gasteiger partial charge in [0, 0.05) is 5.56 Å². The maximum absolute atomic E-state index is 13.2. The average molecular weight is 291 g/mol. The molecule has 0 radical (unpaired) electrons. The van der Waals surface area contributed by atoms with Crippen LogP contribution in [0.15, 0.2) is 28.7 Å². The van der Waals surface area contributed by atoms with Gasteiger partial charge in [0.25, 0.3) is 0 Å². The fourth-order valence-corrected chi connectivity index (χ4v) is 2.07. The first-order valence-electron chi connectivity index (χ1n) is 7.28. The first-order chi connectivity index (χ1) is 10.1. The van der Waals surface area contributed by atoms with Gasteiger partial charge in [-0.05, 0) is 56.6 Å². The maximum Gasteiger partial charge on any atom is 0.126 e. The third-order valence-electron chi connectivity index (χ3n) is 3.32. The summed E-state index contributed by atoms with van der Waals surface area (Å²) in [5, 5.41) is 3.30. The van der Waals surface area contributed by atoms with Gasteiger partial charge in [-0.3, -0.25) is 0 Å². The molecule has 1 heterocycles. The summed E-state index contributed by atoms with van der Waals surface area (Å²) in [6.07, 6.45) is 1.10. The first-order valence-corrected chi connectivity index (χ1v) is 7.28. The van der Waals surface area contributed by atoms with Crippen LogP contribution in [0, 0.1) is 19.7 Å². The van der Waals surface area contributed by atoms with Gasteiger partial charge in [-0.15, -0.1) is 0 Å². The van der Waals surface area contributed by atoms with Gasteiger partial charge >= 0.3 is 0 Å². The number of hydrogen-bond donors (Lipinski definition) is 1. The molecule has 0 amide bonds. The monoisotopic (exact) mass is 291 g/mol. The normalized spacial score (nSPS) is 10.9. The average Bonchev–Trinajstić information content (AvgIpc) is 2.81. The molecule has 3 nitrogen and oxygen atoms in total. The van der Waals surface area contributed by atoms with Crippen LogP contribution in [0.3, 0.4) is 0 Å². The van der Waals surface area contributed by atoms with E-state index in [4.69, 9.17) is 9.15 Å². The van der Waals surface area contributed by atoms with Crippen molar-refractivity contribution in [1.82, 2.24) is 5.32 Å². The molecule has 1 N–H and O–H groups in total. The molecular weight excluding hydrogens is 269 g/mol. The number of benzene rings is 1. The van der Waals surface area contributed by atoms with Crippen LogP contribution in [-0.2, 0) is 13.2 Å². The van der Waals surface area contributed by atoms with Crippen LogP contribution in [0.25, 0.3) is 0 Å². The van der Waals surface area contributed by atoms with E-state index in [2.05, 4.69) is 12.2 Å². The van der Waals surface area contributed by atoms with Gasteiger partial charge in [-0.25, -0.2) is 4.39 Å². The quantitative estimate of drug-likeness (QED) is 0.779. The minimum atomic E-state index is -0.217.